The van der Waals surface area contributed by atoms with Gasteiger partial charge in [-0.25, -0.2) is 9.07 Å². The van der Waals surface area contributed by atoms with E-state index >= 15 is 0 Å². The standard InChI is InChI=1S/C22H23FN4O3/c1-26-22(29)18-5-3-2-4-17(18)20(25-26)21(28)24-14-19(27-10-12-30-13-11-27)15-6-8-16(23)9-7-15/h2-9,19H,10-14H2,1H3,(H,24,28)/t19-/m0/s1. The summed E-state index contributed by atoms with van der Waals surface area (Å²) in [5.74, 6) is -0.661. The van der Waals surface area contributed by atoms with E-state index in [9.17, 15) is 14.0 Å². The third-order valence-electron chi connectivity index (χ3n) is 5.37. The number of nitrogens with one attached hydrogen (secondary N) is 1. The van der Waals surface area contributed by atoms with E-state index in [1.54, 1.807) is 36.4 Å². The van der Waals surface area contributed by atoms with Crippen molar-refractivity contribution in [3.8, 4) is 0 Å². The van der Waals surface area contributed by atoms with Gasteiger partial charge in [0.15, 0.2) is 5.69 Å². The summed E-state index contributed by atoms with van der Waals surface area (Å²) < 4.78 is 20.0. The van der Waals surface area contributed by atoms with Crippen LogP contribution in [-0.4, -0.2) is 53.4 Å². The molecule has 0 unspecified atom stereocenters. The Morgan fingerprint density at radius 2 is 1.80 bits per heavy atom. The van der Waals surface area contributed by atoms with E-state index in [1.807, 2.05) is 0 Å². The molecule has 1 fully saturated rings. The second-order valence-corrected chi connectivity index (χ2v) is 7.25. The van der Waals surface area contributed by atoms with Gasteiger partial charge in [0, 0.05) is 32.1 Å². The molecule has 0 bridgehead atoms. The number of aromatic nitrogens is 2. The monoisotopic (exact) mass is 410 g/mol. The number of amides is 1. The van der Waals surface area contributed by atoms with Crippen LogP contribution in [0.1, 0.15) is 22.1 Å². The number of ether oxygens (including phenoxy) is 1. The fourth-order valence-electron chi connectivity index (χ4n) is 3.77. The molecular formula is C22H23FN4O3. The lowest BCUT2D eigenvalue weighted by atomic mass is 10.0. The first-order chi connectivity index (χ1) is 14.5. The zero-order valence-corrected chi connectivity index (χ0v) is 16.7. The maximum absolute atomic E-state index is 13.4. The van der Waals surface area contributed by atoms with Gasteiger partial charge in [-0.1, -0.05) is 30.3 Å². The van der Waals surface area contributed by atoms with Gasteiger partial charge in [0.2, 0.25) is 0 Å². The first kappa shape index (κ1) is 20.2. The van der Waals surface area contributed by atoms with Crippen molar-refractivity contribution in [3.05, 3.63) is 76.0 Å². The summed E-state index contributed by atoms with van der Waals surface area (Å²) in [6.07, 6.45) is 0. The number of morpholine rings is 1. The van der Waals surface area contributed by atoms with E-state index in [2.05, 4.69) is 15.3 Å². The minimum atomic E-state index is -0.359. The number of nitrogens with zero attached hydrogens (tertiary/aromatic N) is 3. The maximum Gasteiger partial charge on any atom is 0.274 e. The summed E-state index contributed by atoms with van der Waals surface area (Å²) in [7, 11) is 1.53. The molecule has 2 heterocycles. The first-order valence-electron chi connectivity index (χ1n) is 9.86. The molecular weight excluding hydrogens is 387 g/mol. The minimum Gasteiger partial charge on any atom is -0.379 e. The van der Waals surface area contributed by atoms with Crippen LogP contribution in [0.5, 0.6) is 0 Å². The molecule has 0 spiro atoms. The van der Waals surface area contributed by atoms with E-state index in [-0.39, 0.29) is 29.0 Å². The van der Waals surface area contributed by atoms with Crippen LogP contribution in [0.2, 0.25) is 0 Å². The summed E-state index contributed by atoms with van der Waals surface area (Å²) >= 11 is 0. The Balaban J connectivity index is 1.60. The van der Waals surface area contributed by atoms with Crippen molar-refractivity contribution in [2.24, 2.45) is 7.05 Å². The SMILES string of the molecule is Cn1nc(C(=O)NC[C@@H](c2ccc(F)cc2)N2CCOCC2)c2ccccc2c1=O. The molecule has 30 heavy (non-hydrogen) atoms. The molecule has 1 saturated heterocycles. The van der Waals surface area contributed by atoms with Crippen molar-refractivity contribution < 1.29 is 13.9 Å². The lowest BCUT2D eigenvalue weighted by molar-refractivity contribution is 0.0162. The minimum absolute atomic E-state index is 0.128. The number of carbonyl (C=O) groups is 1. The van der Waals surface area contributed by atoms with Crippen molar-refractivity contribution in [3.63, 3.8) is 0 Å². The lowest BCUT2D eigenvalue weighted by Crippen LogP contribution is -2.44. The van der Waals surface area contributed by atoms with E-state index in [4.69, 9.17) is 4.74 Å². The summed E-state index contributed by atoms with van der Waals surface area (Å²) in [6.45, 7) is 2.98. The lowest BCUT2D eigenvalue weighted by Gasteiger charge is -2.35. The molecule has 2 aromatic carbocycles. The molecule has 1 aliphatic heterocycles. The molecule has 1 aliphatic rings. The number of hydrogen-bond acceptors (Lipinski definition) is 5. The Kier molecular flexibility index (Phi) is 5.87. The second kappa shape index (κ2) is 8.73. The maximum atomic E-state index is 13.4. The van der Waals surface area contributed by atoms with Crippen LogP contribution in [0.25, 0.3) is 10.8 Å². The summed E-state index contributed by atoms with van der Waals surface area (Å²) in [4.78, 5) is 27.5. The van der Waals surface area contributed by atoms with Gasteiger partial charge >= 0.3 is 0 Å². The van der Waals surface area contributed by atoms with Crippen LogP contribution in [0.15, 0.2) is 53.3 Å². The van der Waals surface area contributed by atoms with Crippen molar-refractivity contribution >= 4 is 16.7 Å². The molecule has 8 heteroatoms. The van der Waals surface area contributed by atoms with E-state index in [0.29, 0.717) is 30.5 Å². The van der Waals surface area contributed by atoms with Crippen molar-refractivity contribution in [1.29, 1.82) is 0 Å². The number of rotatable bonds is 5. The zero-order valence-electron chi connectivity index (χ0n) is 16.7. The Bertz CT molecular complexity index is 1110. The quantitative estimate of drug-likeness (QED) is 0.695. The first-order valence-corrected chi connectivity index (χ1v) is 9.86. The highest BCUT2D eigenvalue weighted by atomic mass is 19.1. The molecule has 0 radical (unpaired) electrons. The Hall–Kier alpha value is -3.10. The number of fused-ring (bicyclic) bond motifs is 1. The number of hydrogen-bond donors (Lipinski definition) is 1. The predicted octanol–water partition coefficient (Wildman–Crippen LogP) is 1.88. The van der Waals surface area contributed by atoms with Gasteiger partial charge in [-0.15, -0.1) is 0 Å². The van der Waals surface area contributed by atoms with E-state index < -0.39 is 0 Å². The highest BCUT2D eigenvalue weighted by Crippen LogP contribution is 2.22. The summed E-state index contributed by atoms with van der Waals surface area (Å²) in [5.41, 5.74) is 0.865. The number of halogens is 1. The summed E-state index contributed by atoms with van der Waals surface area (Å²) in [5, 5.41) is 8.10. The fourth-order valence-corrected chi connectivity index (χ4v) is 3.77. The average molecular weight is 410 g/mol. The Morgan fingerprint density at radius 1 is 1.13 bits per heavy atom. The highest BCUT2D eigenvalue weighted by molar-refractivity contribution is 6.04. The molecule has 4 rings (SSSR count). The molecule has 1 atom stereocenters. The van der Waals surface area contributed by atoms with Gasteiger partial charge < -0.3 is 10.1 Å². The Morgan fingerprint density at radius 3 is 2.50 bits per heavy atom. The van der Waals surface area contributed by atoms with Gasteiger partial charge in [-0.2, -0.15) is 5.10 Å². The molecule has 1 N–H and O–H groups in total. The fraction of sp³-hybridized carbons (Fsp3) is 0.318. The molecule has 156 valence electrons. The molecule has 0 saturated carbocycles. The van der Waals surface area contributed by atoms with Crippen LogP contribution >= 0.6 is 0 Å². The van der Waals surface area contributed by atoms with Crippen LogP contribution in [0.4, 0.5) is 4.39 Å². The van der Waals surface area contributed by atoms with Gasteiger partial charge in [-0.3, -0.25) is 14.5 Å². The van der Waals surface area contributed by atoms with Crippen LogP contribution in [0, 0.1) is 5.82 Å². The average Bonchev–Trinajstić information content (AvgIpc) is 2.78. The number of aryl methyl sites for hydroxylation is 1. The Labute approximate surface area is 173 Å². The molecule has 1 amide bonds. The van der Waals surface area contributed by atoms with Crippen LogP contribution in [0.3, 0.4) is 0 Å². The molecule has 1 aromatic heterocycles. The zero-order chi connectivity index (χ0) is 21.1. The van der Waals surface area contributed by atoms with Crippen molar-refractivity contribution in [1.82, 2.24) is 20.0 Å². The van der Waals surface area contributed by atoms with Gasteiger partial charge in [0.25, 0.3) is 11.5 Å². The van der Waals surface area contributed by atoms with E-state index in [0.717, 1.165) is 18.7 Å². The largest absolute Gasteiger partial charge is 0.379 e. The normalized spacial score (nSPS) is 15.8. The summed E-state index contributed by atoms with van der Waals surface area (Å²) in [6, 6.07) is 13.1. The third kappa shape index (κ3) is 4.10. The van der Waals surface area contributed by atoms with Gasteiger partial charge in [-0.05, 0) is 23.8 Å². The van der Waals surface area contributed by atoms with Crippen molar-refractivity contribution in [2.75, 3.05) is 32.8 Å². The number of benzene rings is 2. The molecule has 7 nitrogen and oxygen atoms in total. The smallest absolute Gasteiger partial charge is 0.274 e. The third-order valence-corrected chi connectivity index (χ3v) is 5.37. The predicted molar refractivity (Wildman–Crippen MR) is 111 cm³/mol. The highest BCUT2D eigenvalue weighted by Gasteiger charge is 2.24. The molecule has 0 aliphatic carbocycles. The van der Waals surface area contributed by atoms with E-state index in [1.165, 1.54) is 23.9 Å². The van der Waals surface area contributed by atoms with Gasteiger partial charge in [0.1, 0.15) is 5.82 Å². The number of carbonyl (C=O) groups excluding carboxylic acids is 1. The van der Waals surface area contributed by atoms with Gasteiger partial charge in [0.05, 0.1) is 24.6 Å². The second-order valence-electron chi connectivity index (χ2n) is 7.25. The molecule has 3 aromatic rings. The van der Waals surface area contributed by atoms with Crippen LogP contribution in [-0.2, 0) is 11.8 Å². The van der Waals surface area contributed by atoms with Crippen LogP contribution < -0.4 is 10.9 Å². The van der Waals surface area contributed by atoms with Crippen molar-refractivity contribution in [2.45, 2.75) is 6.04 Å². The topological polar surface area (TPSA) is 76.5 Å².